The maximum atomic E-state index is 14.2. The lowest BCUT2D eigenvalue weighted by Gasteiger charge is -2.40. The predicted octanol–water partition coefficient (Wildman–Crippen LogP) is 3.94. The van der Waals surface area contributed by atoms with Crippen LogP contribution in [0, 0.1) is 11.6 Å². The number of nitrogens with zero attached hydrogens (tertiary/aromatic N) is 1. The van der Waals surface area contributed by atoms with Gasteiger partial charge in [0.15, 0.2) is 0 Å². The normalized spacial score (nSPS) is 13.2. The summed E-state index contributed by atoms with van der Waals surface area (Å²) in [5.41, 5.74) is -2.43. The lowest BCUT2D eigenvalue weighted by Crippen LogP contribution is -2.63. The summed E-state index contributed by atoms with van der Waals surface area (Å²) in [6.45, 7) is 15.1. The summed E-state index contributed by atoms with van der Waals surface area (Å²) in [6.07, 6.45) is -0.728. The molecule has 9 heteroatoms. The molecule has 0 saturated carbocycles. The van der Waals surface area contributed by atoms with Crippen molar-refractivity contribution in [3.8, 4) is 0 Å². The van der Waals surface area contributed by atoms with E-state index in [2.05, 4.69) is 10.6 Å². The van der Waals surface area contributed by atoms with Crippen molar-refractivity contribution in [3.05, 3.63) is 35.4 Å². The summed E-state index contributed by atoms with van der Waals surface area (Å²) < 4.78 is 32.6. The summed E-state index contributed by atoms with van der Waals surface area (Å²) in [4.78, 5) is 39.8. The van der Waals surface area contributed by atoms with Crippen molar-refractivity contribution >= 4 is 17.9 Å². The Kier molecular flexibility index (Phi) is 9.00. The number of rotatable bonds is 7. The van der Waals surface area contributed by atoms with Crippen molar-refractivity contribution in [2.75, 3.05) is 6.54 Å². The van der Waals surface area contributed by atoms with Crippen molar-refractivity contribution in [2.45, 2.75) is 91.5 Å². The van der Waals surface area contributed by atoms with E-state index in [1.165, 1.54) is 17.9 Å². The third kappa shape index (κ3) is 8.98. The number of hydrogen-bond acceptors (Lipinski definition) is 4. The fraction of sp³-hybridized carbons (Fsp3) is 0.625. The van der Waals surface area contributed by atoms with Gasteiger partial charge < -0.3 is 20.3 Å². The molecule has 1 rings (SSSR count). The second-order valence-electron chi connectivity index (χ2n) is 10.6. The molecule has 0 spiro atoms. The van der Waals surface area contributed by atoms with Crippen LogP contribution in [0.15, 0.2) is 18.2 Å². The Morgan fingerprint density at radius 2 is 1.61 bits per heavy atom. The molecule has 33 heavy (non-hydrogen) atoms. The topological polar surface area (TPSA) is 87.7 Å². The van der Waals surface area contributed by atoms with Gasteiger partial charge in [-0.25, -0.2) is 13.6 Å². The Labute approximate surface area is 195 Å². The fourth-order valence-corrected chi connectivity index (χ4v) is 3.02. The zero-order valence-corrected chi connectivity index (χ0v) is 21.1. The number of halogens is 2. The first-order valence-electron chi connectivity index (χ1n) is 10.9. The molecule has 0 radical (unpaired) electrons. The minimum absolute atomic E-state index is 0.0354. The van der Waals surface area contributed by atoms with E-state index in [1.54, 1.807) is 34.6 Å². The first-order chi connectivity index (χ1) is 14.8. The molecule has 0 unspecified atom stereocenters. The second-order valence-corrected chi connectivity index (χ2v) is 10.6. The smallest absolute Gasteiger partial charge is 0.408 e. The van der Waals surface area contributed by atoms with Gasteiger partial charge in [-0.15, -0.1) is 0 Å². The molecule has 0 bridgehead atoms. The average molecular weight is 470 g/mol. The standard InChI is InChI=1S/C24H37F2N3O4/c1-15(27-21(32)33-23(5,6)7)19(30)29(24(8,9)20(31)28-22(2,3)4)13-12-16-10-11-17(25)14-18(16)26/h10-11,14-15H,12-13H2,1-9H3,(H,27,32)(H,28,31)/t15-/m0/s1. The van der Waals surface area contributed by atoms with Gasteiger partial charge in [0, 0.05) is 18.2 Å². The Bertz CT molecular complexity index is 873. The van der Waals surface area contributed by atoms with Gasteiger partial charge in [-0.1, -0.05) is 6.07 Å². The van der Waals surface area contributed by atoms with Gasteiger partial charge >= 0.3 is 6.09 Å². The van der Waals surface area contributed by atoms with Crippen LogP contribution in [0.5, 0.6) is 0 Å². The van der Waals surface area contributed by atoms with E-state index in [-0.39, 0.29) is 18.5 Å². The Balaban J connectivity index is 3.17. The third-order valence-corrected chi connectivity index (χ3v) is 4.71. The number of carbonyl (C=O) groups is 3. The molecular formula is C24H37F2N3O4. The van der Waals surface area contributed by atoms with E-state index in [4.69, 9.17) is 4.74 Å². The fourth-order valence-electron chi connectivity index (χ4n) is 3.02. The van der Waals surface area contributed by atoms with E-state index in [9.17, 15) is 23.2 Å². The van der Waals surface area contributed by atoms with E-state index >= 15 is 0 Å². The highest BCUT2D eigenvalue weighted by atomic mass is 19.1. The van der Waals surface area contributed by atoms with Gasteiger partial charge in [0.25, 0.3) is 0 Å². The van der Waals surface area contributed by atoms with Crippen LogP contribution in [0.1, 0.15) is 67.9 Å². The van der Waals surface area contributed by atoms with Crippen LogP contribution < -0.4 is 10.6 Å². The number of hydrogen-bond donors (Lipinski definition) is 2. The second kappa shape index (κ2) is 10.5. The largest absolute Gasteiger partial charge is 0.444 e. The molecule has 3 amide bonds. The molecule has 0 aliphatic rings. The van der Waals surface area contributed by atoms with Crippen LogP contribution in [-0.2, 0) is 20.7 Å². The van der Waals surface area contributed by atoms with Crippen LogP contribution in [0.4, 0.5) is 13.6 Å². The summed E-state index contributed by atoms with van der Waals surface area (Å²) in [5, 5.41) is 5.34. The maximum Gasteiger partial charge on any atom is 0.408 e. The lowest BCUT2D eigenvalue weighted by molar-refractivity contribution is -0.147. The van der Waals surface area contributed by atoms with Crippen LogP contribution >= 0.6 is 0 Å². The molecular weight excluding hydrogens is 432 g/mol. The van der Waals surface area contributed by atoms with E-state index in [1.807, 2.05) is 20.8 Å². The Morgan fingerprint density at radius 3 is 2.09 bits per heavy atom. The highest BCUT2D eigenvalue weighted by Gasteiger charge is 2.40. The van der Waals surface area contributed by atoms with Crippen LogP contribution in [-0.4, -0.2) is 52.1 Å². The third-order valence-electron chi connectivity index (χ3n) is 4.71. The highest BCUT2D eigenvalue weighted by molar-refractivity contribution is 5.93. The van der Waals surface area contributed by atoms with Gasteiger partial charge in [0.1, 0.15) is 28.8 Å². The maximum absolute atomic E-state index is 14.2. The summed E-state index contributed by atoms with van der Waals surface area (Å²) in [6, 6.07) is 2.19. The molecule has 186 valence electrons. The van der Waals surface area contributed by atoms with Crippen molar-refractivity contribution in [2.24, 2.45) is 0 Å². The molecule has 1 aromatic rings. The van der Waals surface area contributed by atoms with E-state index in [0.717, 1.165) is 12.1 Å². The van der Waals surface area contributed by atoms with Crippen LogP contribution in [0.25, 0.3) is 0 Å². The number of carbonyl (C=O) groups excluding carboxylic acids is 3. The van der Waals surface area contributed by atoms with Crippen molar-refractivity contribution in [3.63, 3.8) is 0 Å². The summed E-state index contributed by atoms with van der Waals surface area (Å²) in [7, 11) is 0. The summed E-state index contributed by atoms with van der Waals surface area (Å²) >= 11 is 0. The molecule has 1 aromatic carbocycles. The van der Waals surface area contributed by atoms with Crippen molar-refractivity contribution in [1.82, 2.24) is 15.5 Å². The molecule has 0 fully saturated rings. The molecule has 7 nitrogen and oxygen atoms in total. The minimum Gasteiger partial charge on any atom is -0.444 e. The van der Waals surface area contributed by atoms with Gasteiger partial charge in [-0.3, -0.25) is 9.59 Å². The summed E-state index contributed by atoms with van der Waals surface area (Å²) in [5.74, 6) is -2.40. The van der Waals surface area contributed by atoms with E-state index in [0.29, 0.717) is 0 Å². The molecule has 0 aliphatic carbocycles. The number of nitrogens with one attached hydrogen (secondary N) is 2. The Hall–Kier alpha value is -2.71. The van der Waals surface area contributed by atoms with Gasteiger partial charge in [-0.2, -0.15) is 0 Å². The molecule has 1 atom stereocenters. The number of ether oxygens (including phenoxy) is 1. The number of benzene rings is 1. The SMILES string of the molecule is C[C@H](NC(=O)OC(C)(C)C)C(=O)N(CCc1ccc(F)cc1F)C(C)(C)C(=O)NC(C)(C)C. The van der Waals surface area contributed by atoms with Crippen molar-refractivity contribution < 1.29 is 27.9 Å². The molecule has 0 aromatic heterocycles. The molecule has 0 aliphatic heterocycles. The zero-order valence-electron chi connectivity index (χ0n) is 21.1. The Morgan fingerprint density at radius 1 is 1.03 bits per heavy atom. The van der Waals surface area contributed by atoms with Gasteiger partial charge in [-0.05, 0) is 80.4 Å². The number of amides is 3. The molecule has 2 N–H and O–H groups in total. The quantitative estimate of drug-likeness (QED) is 0.633. The average Bonchev–Trinajstić information content (AvgIpc) is 2.59. The lowest BCUT2D eigenvalue weighted by atomic mass is 9.96. The van der Waals surface area contributed by atoms with Crippen LogP contribution in [0.2, 0.25) is 0 Å². The van der Waals surface area contributed by atoms with Crippen LogP contribution in [0.3, 0.4) is 0 Å². The van der Waals surface area contributed by atoms with E-state index < -0.39 is 52.3 Å². The highest BCUT2D eigenvalue weighted by Crippen LogP contribution is 2.20. The number of alkyl carbamates (subject to hydrolysis) is 1. The zero-order chi connectivity index (χ0) is 25.8. The van der Waals surface area contributed by atoms with Gasteiger partial charge in [0.2, 0.25) is 11.8 Å². The first-order valence-corrected chi connectivity index (χ1v) is 10.9. The first kappa shape index (κ1) is 28.3. The van der Waals surface area contributed by atoms with Gasteiger partial charge in [0.05, 0.1) is 0 Å². The molecule has 0 saturated heterocycles. The monoisotopic (exact) mass is 469 g/mol. The predicted molar refractivity (Wildman–Crippen MR) is 123 cm³/mol. The minimum atomic E-state index is -1.33. The molecule has 0 heterocycles. The van der Waals surface area contributed by atoms with Crippen molar-refractivity contribution in [1.29, 1.82) is 0 Å².